The van der Waals surface area contributed by atoms with Crippen molar-refractivity contribution < 1.29 is 0 Å². The van der Waals surface area contributed by atoms with E-state index in [1.807, 2.05) is 11.3 Å². The molecule has 0 atom stereocenters. The molecule has 0 radical (unpaired) electrons. The Balaban J connectivity index is 1.95. The summed E-state index contributed by atoms with van der Waals surface area (Å²) < 4.78 is 1.30. The van der Waals surface area contributed by atoms with Crippen LogP contribution in [0.3, 0.4) is 0 Å². The monoisotopic (exact) mass is 275 g/mol. The van der Waals surface area contributed by atoms with Gasteiger partial charge in [0.15, 0.2) is 5.13 Å². The Kier molecular flexibility index (Phi) is 3.46. The second-order valence-electron chi connectivity index (χ2n) is 5.67. The van der Waals surface area contributed by atoms with Crippen molar-refractivity contribution in [1.82, 2.24) is 4.98 Å². The van der Waals surface area contributed by atoms with Gasteiger partial charge >= 0.3 is 0 Å². The average molecular weight is 275 g/mol. The first-order valence-electron chi connectivity index (χ1n) is 7.05. The number of hydrogen-bond donors (Lipinski definition) is 1. The molecule has 3 rings (SSSR count). The SMILES string of the molecule is CC(C)c1cccc2sc(N3CCC(N)CC3)nc12. The van der Waals surface area contributed by atoms with E-state index >= 15 is 0 Å². The van der Waals surface area contributed by atoms with Gasteiger partial charge in [-0.15, -0.1) is 0 Å². The molecule has 0 bridgehead atoms. The molecule has 0 aliphatic carbocycles. The molecule has 0 spiro atoms. The fraction of sp³-hybridized carbons (Fsp3) is 0.533. The molecule has 4 heteroatoms. The largest absolute Gasteiger partial charge is 0.348 e. The number of hydrogen-bond acceptors (Lipinski definition) is 4. The van der Waals surface area contributed by atoms with Gasteiger partial charge < -0.3 is 10.6 Å². The second kappa shape index (κ2) is 5.10. The fourth-order valence-corrected chi connectivity index (χ4v) is 3.70. The quantitative estimate of drug-likeness (QED) is 0.914. The van der Waals surface area contributed by atoms with Crippen LogP contribution < -0.4 is 10.6 Å². The highest BCUT2D eigenvalue weighted by molar-refractivity contribution is 7.22. The van der Waals surface area contributed by atoms with Gasteiger partial charge in [-0.05, 0) is 30.4 Å². The predicted molar refractivity (Wildman–Crippen MR) is 83.1 cm³/mol. The molecule has 1 saturated heterocycles. The van der Waals surface area contributed by atoms with Gasteiger partial charge in [0.2, 0.25) is 0 Å². The highest BCUT2D eigenvalue weighted by Gasteiger charge is 2.20. The second-order valence-corrected chi connectivity index (χ2v) is 6.68. The number of piperidine rings is 1. The molecular weight excluding hydrogens is 254 g/mol. The minimum atomic E-state index is 0.372. The zero-order chi connectivity index (χ0) is 13.4. The molecule has 1 aromatic carbocycles. The first kappa shape index (κ1) is 12.9. The van der Waals surface area contributed by atoms with Crippen molar-refractivity contribution in [1.29, 1.82) is 0 Å². The summed E-state index contributed by atoms with van der Waals surface area (Å²) in [5.41, 5.74) is 8.51. The van der Waals surface area contributed by atoms with E-state index in [9.17, 15) is 0 Å². The highest BCUT2D eigenvalue weighted by atomic mass is 32.1. The van der Waals surface area contributed by atoms with E-state index in [1.165, 1.54) is 15.8 Å². The Morgan fingerprint density at radius 2 is 2.05 bits per heavy atom. The molecule has 2 N–H and O–H groups in total. The number of fused-ring (bicyclic) bond motifs is 1. The van der Waals surface area contributed by atoms with E-state index < -0.39 is 0 Å². The van der Waals surface area contributed by atoms with Crippen molar-refractivity contribution in [2.75, 3.05) is 18.0 Å². The zero-order valence-corrected chi connectivity index (χ0v) is 12.4. The number of anilines is 1. The van der Waals surface area contributed by atoms with Crippen LogP contribution >= 0.6 is 11.3 Å². The normalized spacial score (nSPS) is 17.6. The van der Waals surface area contributed by atoms with Crippen LogP contribution in [0.2, 0.25) is 0 Å². The molecule has 2 aromatic rings. The number of nitrogens with zero attached hydrogens (tertiary/aromatic N) is 2. The van der Waals surface area contributed by atoms with Crippen LogP contribution in [0.25, 0.3) is 10.2 Å². The molecule has 0 amide bonds. The topological polar surface area (TPSA) is 42.1 Å². The van der Waals surface area contributed by atoms with Crippen molar-refractivity contribution in [2.24, 2.45) is 5.73 Å². The number of aromatic nitrogens is 1. The van der Waals surface area contributed by atoms with Crippen LogP contribution in [0, 0.1) is 0 Å². The maximum absolute atomic E-state index is 5.97. The number of nitrogens with two attached hydrogens (primary N) is 1. The van der Waals surface area contributed by atoms with E-state index in [2.05, 4.69) is 36.9 Å². The minimum Gasteiger partial charge on any atom is -0.348 e. The Morgan fingerprint density at radius 1 is 1.32 bits per heavy atom. The molecule has 102 valence electrons. The lowest BCUT2D eigenvalue weighted by molar-refractivity contribution is 0.501. The first-order chi connectivity index (χ1) is 9.15. The molecule has 19 heavy (non-hydrogen) atoms. The van der Waals surface area contributed by atoms with Crippen molar-refractivity contribution >= 4 is 26.7 Å². The summed E-state index contributed by atoms with van der Waals surface area (Å²) in [5, 5.41) is 1.16. The third-order valence-corrected chi connectivity index (χ3v) is 4.95. The maximum atomic E-state index is 5.97. The third-order valence-electron chi connectivity index (χ3n) is 3.87. The number of para-hydroxylation sites is 1. The summed E-state index contributed by atoms with van der Waals surface area (Å²) in [6.07, 6.45) is 2.15. The molecule has 3 nitrogen and oxygen atoms in total. The van der Waals surface area contributed by atoms with Crippen LogP contribution in [0.15, 0.2) is 18.2 Å². The van der Waals surface area contributed by atoms with Gasteiger partial charge in [0, 0.05) is 19.1 Å². The summed E-state index contributed by atoms with van der Waals surface area (Å²) in [6.45, 7) is 6.54. The smallest absolute Gasteiger partial charge is 0.186 e. The lowest BCUT2D eigenvalue weighted by Gasteiger charge is -2.29. The van der Waals surface area contributed by atoms with Gasteiger partial charge in [0.25, 0.3) is 0 Å². The van der Waals surface area contributed by atoms with Gasteiger partial charge in [-0.1, -0.05) is 37.3 Å². The molecule has 1 aliphatic heterocycles. The van der Waals surface area contributed by atoms with Crippen LogP contribution in [-0.4, -0.2) is 24.1 Å². The molecule has 1 aliphatic rings. The highest BCUT2D eigenvalue weighted by Crippen LogP contribution is 2.34. The van der Waals surface area contributed by atoms with Crippen molar-refractivity contribution in [3.05, 3.63) is 23.8 Å². The number of rotatable bonds is 2. The van der Waals surface area contributed by atoms with Crippen LogP contribution in [-0.2, 0) is 0 Å². The van der Waals surface area contributed by atoms with E-state index in [0.29, 0.717) is 12.0 Å². The first-order valence-corrected chi connectivity index (χ1v) is 7.87. The molecule has 2 heterocycles. The zero-order valence-electron chi connectivity index (χ0n) is 11.6. The predicted octanol–water partition coefficient (Wildman–Crippen LogP) is 3.35. The van der Waals surface area contributed by atoms with Gasteiger partial charge in [-0.25, -0.2) is 4.98 Å². The molecule has 0 unspecified atom stereocenters. The summed E-state index contributed by atoms with van der Waals surface area (Å²) in [5.74, 6) is 0.522. The molecular formula is C15H21N3S. The van der Waals surface area contributed by atoms with Gasteiger partial charge in [-0.3, -0.25) is 0 Å². The minimum absolute atomic E-state index is 0.372. The average Bonchev–Trinajstić information content (AvgIpc) is 2.82. The van der Waals surface area contributed by atoms with Crippen molar-refractivity contribution in [3.8, 4) is 0 Å². The summed E-state index contributed by atoms with van der Waals surface area (Å²) in [4.78, 5) is 7.27. The Morgan fingerprint density at radius 3 is 2.74 bits per heavy atom. The lowest BCUT2D eigenvalue weighted by Crippen LogP contribution is -2.39. The maximum Gasteiger partial charge on any atom is 0.186 e. The Hall–Kier alpha value is -1.13. The molecule has 1 fully saturated rings. The standard InChI is InChI=1S/C15H21N3S/c1-10(2)12-4-3-5-13-14(12)17-15(19-13)18-8-6-11(16)7-9-18/h3-5,10-11H,6-9,16H2,1-2H3. The van der Waals surface area contributed by atoms with E-state index in [4.69, 9.17) is 10.7 Å². The van der Waals surface area contributed by atoms with Crippen molar-refractivity contribution in [3.63, 3.8) is 0 Å². The van der Waals surface area contributed by atoms with Gasteiger partial charge in [-0.2, -0.15) is 0 Å². The Labute approximate surface area is 118 Å². The van der Waals surface area contributed by atoms with Gasteiger partial charge in [0.1, 0.15) is 0 Å². The summed E-state index contributed by atoms with van der Waals surface area (Å²) in [7, 11) is 0. The van der Waals surface area contributed by atoms with E-state index in [1.54, 1.807) is 0 Å². The Bertz CT molecular complexity index is 568. The van der Waals surface area contributed by atoms with E-state index in [-0.39, 0.29) is 0 Å². The summed E-state index contributed by atoms with van der Waals surface area (Å²) in [6, 6.07) is 6.89. The molecule has 1 aromatic heterocycles. The van der Waals surface area contributed by atoms with Gasteiger partial charge in [0.05, 0.1) is 10.2 Å². The fourth-order valence-electron chi connectivity index (χ4n) is 2.65. The lowest BCUT2D eigenvalue weighted by atomic mass is 10.0. The van der Waals surface area contributed by atoms with E-state index in [0.717, 1.165) is 31.1 Å². The molecule has 0 saturated carbocycles. The number of thiazole rings is 1. The van der Waals surface area contributed by atoms with Crippen LogP contribution in [0.1, 0.15) is 38.2 Å². The summed E-state index contributed by atoms with van der Waals surface area (Å²) >= 11 is 1.81. The third kappa shape index (κ3) is 2.47. The van der Waals surface area contributed by atoms with Crippen molar-refractivity contribution in [2.45, 2.75) is 38.6 Å². The van der Waals surface area contributed by atoms with Crippen LogP contribution in [0.5, 0.6) is 0 Å². The van der Waals surface area contributed by atoms with Crippen LogP contribution in [0.4, 0.5) is 5.13 Å². The number of benzene rings is 1.